The van der Waals surface area contributed by atoms with Gasteiger partial charge < -0.3 is 10.1 Å². The Kier molecular flexibility index (Phi) is 4.61. The lowest BCUT2D eigenvalue weighted by atomic mass is 10.2. The van der Waals surface area contributed by atoms with E-state index < -0.39 is 0 Å². The van der Waals surface area contributed by atoms with Crippen LogP contribution in [0.1, 0.15) is 0 Å². The van der Waals surface area contributed by atoms with Gasteiger partial charge in [-0.15, -0.1) is 0 Å². The zero-order chi connectivity index (χ0) is 18.6. The summed E-state index contributed by atoms with van der Waals surface area (Å²) in [7, 11) is 1.83. The lowest BCUT2D eigenvalue weighted by Gasteiger charge is -2.10. The number of aryl methyl sites for hydroxylation is 1. The van der Waals surface area contributed by atoms with Crippen molar-refractivity contribution in [2.75, 3.05) is 18.5 Å². The Labute approximate surface area is 154 Å². The molecule has 0 bridgehead atoms. The van der Waals surface area contributed by atoms with Gasteiger partial charge in [-0.25, -0.2) is 14.4 Å². The van der Waals surface area contributed by atoms with Crippen molar-refractivity contribution in [1.29, 1.82) is 0 Å². The largest absolute Gasteiger partial charge is 0.489 e. The lowest BCUT2D eigenvalue weighted by molar-refractivity contribution is 0.315. The average molecular weight is 364 g/mol. The second kappa shape index (κ2) is 7.36. The van der Waals surface area contributed by atoms with E-state index in [0.717, 1.165) is 10.9 Å². The van der Waals surface area contributed by atoms with Crippen LogP contribution in [0.25, 0.3) is 22.4 Å². The van der Waals surface area contributed by atoms with Crippen molar-refractivity contribution in [2.24, 2.45) is 7.05 Å². The molecular weight excluding hydrogens is 347 g/mol. The number of aromatic nitrogens is 5. The number of nitrogens with one attached hydrogen (secondary N) is 1. The van der Waals surface area contributed by atoms with E-state index >= 15 is 0 Å². The van der Waals surface area contributed by atoms with Gasteiger partial charge in [0.15, 0.2) is 23.0 Å². The maximum Gasteiger partial charge on any atom is 0.165 e. The van der Waals surface area contributed by atoms with Crippen LogP contribution in [0.3, 0.4) is 0 Å². The summed E-state index contributed by atoms with van der Waals surface area (Å²) in [6, 6.07) is 10.1. The molecule has 27 heavy (non-hydrogen) atoms. The fourth-order valence-electron chi connectivity index (χ4n) is 2.67. The first kappa shape index (κ1) is 16.9. The normalized spacial score (nSPS) is 10.9. The zero-order valence-electron chi connectivity index (χ0n) is 14.6. The van der Waals surface area contributed by atoms with Gasteiger partial charge in [0.2, 0.25) is 0 Å². The number of hydrogen-bond donors (Lipinski definition) is 1. The van der Waals surface area contributed by atoms with Crippen LogP contribution in [0, 0.1) is 5.82 Å². The number of para-hydroxylation sites is 1. The summed E-state index contributed by atoms with van der Waals surface area (Å²) in [5.41, 5.74) is 1.52. The summed E-state index contributed by atoms with van der Waals surface area (Å²) in [5, 5.41) is 8.29. The number of fused-ring (bicyclic) bond motifs is 1. The Bertz CT molecular complexity index is 1070. The van der Waals surface area contributed by atoms with E-state index in [-0.39, 0.29) is 18.2 Å². The maximum absolute atomic E-state index is 13.6. The van der Waals surface area contributed by atoms with Crippen molar-refractivity contribution in [1.82, 2.24) is 24.7 Å². The Morgan fingerprint density at radius 1 is 1.11 bits per heavy atom. The van der Waals surface area contributed by atoms with Crippen LogP contribution in [0.4, 0.5) is 10.2 Å². The van der Waals surface area contributed by atoms with Crippen LogP contribution in [-0.2, 0) is 7.05 Å². The smallest absolute Gasteiger partial charge is 0.165 e. The van der Waals surface area contributed by atoms with Crippen LogP contribution >= 0.6 is 0 Å². The fourth-order valence-corrected chi connectivity index (χ4v) is 2.67. The number of nitrogens with zero attached hydrogens (tertiary/aromatic N) is 5. The molecule has 0 saturated heterocycles. The molecule has 4 rings (SSSR count). The standard InChI is InChI=1S/C19H17FN6O/c1-26-19-14(12-23-26)18(24-17(25-19)13-5-4-8-21-11-13)22-9-10-27-16-7-3-2-6-15(16)20/h2-8,11-12H,9-10H2,1H3,(H,22,24,25). The number of hydrogen-bond acceptors (Lipinski definition) is 6. The molecule has 1 N–H and O–H groups in total. The number of anilines is 1. The number of ether oxygens (including phenoxy) is 1. The molecule has 0 aliphatic rings. The maximum atomic E-state index is 13.6. The molecular formula is C19H17FN6O. The highest BCUT2D eigenvalue weighted by Gasteiger charge is 2.13. The molecule has 136 valence electrons. The molecule has 4 aromatic rings. The van der Waals surface area contributed by atoms with E-state index in [1.807, 2.05) is 19.2 Å². The van der Waals surface area contributed by atoms with Gasteiger partial charge in [-0.3, -0.25) is 9.67 Å². The molecule has 0 aliphatic heterocycles. The highest BCUT2D eigenvalue weighted by Crippen LogP contribution is 2.24. The average Bonchev–Trinajstić information content (AvgIpc) is 3.08. The van der Waals surface area contributed by atoms with E-state index in [2.05, 4.69) is 25.4 Å². The molecule has 0 radical (unpaired) electrons. The highest BCUT2D eigenvalue weighted by molar-refractivity contribution is 5.88. The van der Waals surface area contributed by atoms with Gasteiger partial charge >= 0.3 is 0 Å². The van der Waals surface area contributed by atoms with Gasteiger partial charge in [0.1, 0.15) is 12.4 Å². The molecule has 0 unspecified atom stereocenters. The van der Waals surface area contributed by atoms with Gasteiger partial charge in [-0.2, -0.15) is 5.10 Å². The molecule has 0 saturated carbocycles. The SMILES string of the molecule is Cn1ncc2c(NCCOc3ccccc3F)nc(-c3cccnc3)nc21. The van der Waals surface area contributed by atoms with Gasteiger partial charge in [-0.1, -0.05) is 12.1 Å². The van der Waals surface area contributed by atoms with E-state index in [4.69, 9.17) is 4.74 Å². The molecule has 0 atom stereocenters. The van der Waals surface area contributed by atoms with Gasteiger partial charge in [0, 0.05) is 25.0 Å². The van der Waals surface area contributed by atoms with Crippen molar-refractivity contribution in [3.63, 3.8) is 0 Å². The van der Waals surface area contributed by atoms with Crippen molar-refractivity contribution in [2.45, 2.75) is 0 Å². The number of benzene rings is 1. The summed E-state index contributed by atoms with van der Waals surface area (Å²) in [4.78, 5) is 13.3. The molecule has 7 nitrogen and oxygen atoms in total. The van der Waals surface area contributed by atoms with E-state index in [0.29, 0.717) is 23.8 Å². The first-order chi connectivity index (χ1) is 13.2. The molecule has 1 aromatic carbocycles. The molecule has 3 aromatic heterocycles. The minimum atomic E-state index is -0.381. The van der Waals surface area contributed by atoms with E-state index in [1.54, 1.807) is 41.5 Å². The first-order valence-electron chi connectivity index (χ1n) is 8.44. The van der Waals surface area contributed by atoms with Gasteiger partial charge in [0.05, 0.1) is 18.1 Å². The molecule has 0 spiro atoms. The van der Waals surface area contributed by atoms with E-state index in [9.17, 15) is 4.39 Å². The number of rotatable bonds is 6. The van der Waals surface area contributed by atoms with Crippen molar-refractivity contribution >= 4 is 16.9 Å². The van der Waals surface area contributed by atoms with Gasteiger partial charge in [0.25, 0.3) is 0 Å². The topological polar surface area (TPSA) is 77.8 Å². The van der Waals surface area contributed by atoms with E-state index in [1.165, 1.54) is 6.07 Å². The summed E-state index contributed by atoms with van der Waals surface area (Å²) in [6.07, 6.45) is 5.12. The predicted molar refractivity (Wildman–Crippen MR) is 99.9 cm³/mol. The third kappa shape index (κ3) is 3.55. The van der Waals surface area contributed by atoms with Crippen LogP contribution in [0.15, 0.2) is 55.0 Å². The van der Waals surface area contributed by atoms with Crippen molar-refractivity contribution < 1.29 is 9.13 Å². The molecule has 3 heterocycles. The summed E-state index contributed by atoms with van der Waals surface area (Å²) in [5.74, 6) is 1.04. The molecule has 0 fully saturated rings. The van der Waals surface area contributed by atoms with Gasteiger partial charge in [-0.05, 0) is 24.3 Å². The predicted octanol–water partition coefficient (Wildman–Crippen LogP) is 3.06. The Hall–Kier alpha value is -3.55. The van der Waals surface area contributed by atoms with Crippen LogP contribution in [0.2, 0.25) is 0 Å². The zero-order valence-corrected chi connectivity index (χ0v) is 14.6. The lowest BCUT2D eigenvalue weighted by Crippen LogP contribution is -2.13. The Balaban J connectivity index is 1.55. The third-order valence-electron chi connectivity index (χ3n) is 4.00. The quantitative estimate of drug-likeness (QED) is 0.530. The van der Waals surface area contributed by atoms with Crippen LogP contribution in [0.5, 0.6) is 5.75 Å². The van der Waals surface area contributed by atoms with Crippen LogP contribution in [-0.4, -0.2) is 37.9 Å². The first-order valence-corrected chi connectivity index (χ1v) is 8.44. The molecule has 0 amide bonds. The monoisotopic (exact) mass is 364 g/mol. The molecule has 0 aliphatic carbocycles. The van der Waals surface area contributed by atoms with Crippen molar-refractivity contribution in [3.05, 3.63) is 60.8 Å². The minimum absolute atomic E-state index is 0.226. The summed E-state index contributed by atoms with van der Waals surface area (Å²) >= 11 is 0. The molecule has 8 heteroatoms. The Morgan fingerprint density at radius 2 is 2.00 bits per heavy atom. The number of halogens is 1. The minimum Gasteiger partial charge on any atom is -0.489 e. The van der Waals surface area contributed by atoms with Crippen LogP contribution < -0.4 is 10.1 Å². The second-order valence-corrected chi connectivity index (χ2v) is 5.85. The summed E-state index contributed by atoms with van der Waals surface area (Å²) < 4.78 is 20.8. The summed E-state index contributed by atoms with van der Waals surface area (Å²) in [6.45, 7) is 0.733. The third-order valence-corrected chi connectivity index (χ3v) is 4.00. The van der Waals surface area contributed by atoms with Crippen molar-refractivity contribution in [3.8, 4) is 17.1 Å². The highest BCUT2D eigenvalue weighted by atomic mass is 19.1. The fraction of sp³-hybridized carbons (Fsp3) is 0.158. The Morgan fingerprint density at radius 3 is 2.81 bits per heavy atom. The second-order valence-electron chi connectivity index (χ2n) is 5.85. The number of pyridine rings is 1.